The Morgan fingerprint density at radius 3 is 2.53 bits per heavy atom. The van der Waals surface area contributed by atoms with E-state index in [0.717, 1.165) is 31.5 Å². The van der Waals surface area contributed by atoms with Crippen molar-refractivity contribution in [2.24, 2.45) is 0 Å². The highest BCUT2D eigenvalue weighted by molar-refractivity contribution is 5.85. The topological polar surface area (TPSA) is 20.3 Å². The van der Waals surface area contributed by atoms with Gasteiger partial charge in [-0.15, -0.1) is 12.4 Å². The normalized spacial score (nSPS) is 19.8. The minimum Gasteiger partial charge on any atom is -0.345 e. The lowest BCUT2D eigenvalue weighted by Gasteiger charge is -2.10. The van der Waals surface area contributed by atoms with Crippen LogP contribution in [0.2, 0.25) is 0 Å². The molecule has 15 heavy (non-hydrogen) atoms. The van der Waals surface area contributed by atoms with Crippen LogP contribution in [0.15, 0.2) is 24.3 Å². The van der Waals surface area contributed by atoms with Crippen LogP contribution in [-0.2, 0) is 4.79 Å². The number of carbonyl (C=O) groups is 1. The van der Waals surface area contributed by atoms with E-state index in [4.69, 9.17) is 0 Å². The first-order valence-corrected chi connectivity index (χ1v) is 4.74. The summed E-state index contributed by atoms with van der Waals surface area (Å²) in [4.78, 5) is 12.3. The lowest BCUT2D eigenvalue weighted by atomic mass is 9.99. The van der Waals surface area contributed by atoms with Crippen LogP contribution in [0.4, 0.5) is 4.39 Å². The Hall–Kier alpha value is -1.09. The molecule has 1 amide bonds. The Kier molecular flexibility index (Phi) is 4.09. The number of hydrogen-bond donors (Lipinski definition) is 0. The summed E-state index contributed by atoms with van der Waals surface area (Å²) in [7, 11) is 0. The van der Waals surface area contributed by atoms with E-state index in [2.05, 4.69) is 0 Å². The first kappa shape index (κ1) is 12.0. The van der Waals surface area contributed by atoms with Gasteiger partial charge in [0.2, 0.25) is 6.41 Å². The van der Waals surface area contributed by atoms with E-state index in [0.29, 0.717) is 5.92 Å². The zero-order chi connectivity index (χ0) is 9.97. The zero-order valence-corrected chi connectivity index (χ0v) is 9.04. The van der Waals surface area contributed by atoms with Crippen molar-refractivity contribution in [2.45, 2.75) is 12.3 Å². The standard InChI is InChI=1S/C11H12FNO.ClH/c12-11-3-1-9(2-4-11)10-5-6-13(7-10)8-14;/h1-4,8,10H,5-7H2;1H/t10-;/m0./s1. The number of rotatable bonds is 2. The van der Waals surface area contributed by atoms with E-state index in [-0.39, 0.29) is 18.2 Å². The minimum atomic E-state index is -0.209. The van der Waals surface area contributed by atoms with Gasteiger partial charge in [0.15, 0.2) is 0 Å². The van der Waals surface area contributed by atoms with Crippen molar-refractivity contribution in [3.05, 3.63) is 35.6 Å². The van der Waals surface area contributed by atoms with Crippen LogP contribution >= 0.6 is 12.4 Å². The van der Waals surface area contributed by atoms with Crippen LogP contribution in [0.1, 0.15) is 17.9 Å². The summed E-state index contributed by atoms with van der Waals surface area (Å²) >= 11 is 0. The predicted molar refractivity (Wildman–Crippen MR) is 58.6 cm³/mol. The van der Waals surface area contributed by atoms with Gasteiger partial charge in [0.25, 0.3) is 0 Å². The van der Waals surface area contributed by atoms with Gasteiger partial charge in [0, 0.05) is 19.0 Å². The smallest absolute Gasteiger partial charge is 0.209 e. The molecule has 1 saturated heterocycles. The Balaban J connectivity index is 0.00000112. The van der Waals surface area contributed by atoms with Gasteiger partial charge < -0.3 is 4.90 Å². The van der Waals surface area contributed by atoms with Gasteiger partial charge in [-0.25, -0.2) is 4.39 Å². The van der Waals surface area contributed by atoms with Crippen LogP contribution < -0.4 is 0 Å². The molecule has 0 unspecified atom stereocenters. The Bertz CT molecular complexity index is 328. The second kappa shape index (κ2) is 5.12. The molecule has 4 heteroatoms. The molecule has 0 radical (unpaired) electrons. The Morgan fingerprint density at radius 1 is 1.33 bits per heavy atom. The maximum Gasteiger partial charge on any atom is 0.209 e. The molecule has 1 atom stereocenters. The average molecular weight is 230 g/mol. The maximum absolute atomic E-state index is 12.6. The molecular weight excluding hydrogens is 217 g/mol. The van der Waals surface area contributed by atoms with Gasteiger partial charge in [-0.3, -0.25) is 4.79 Å². The zero-order valence-electron chi connectivity index (χ0n) is 8.23. The van der Waals surface area contributed by atoms with Crippen LogP contribution in [0.5, 0.6) is 0 Å². The minimum absolute atomic E-state index is 0. The van der Waals surface area contributed by atoms with Crippen molar-refractivity contribution in [1.29, 1.82) is 0 Å². The highest BCUT2D eigenvalue weighted by Crippen LogP contribution is 2.26. The third-order valence-electron chi connectivity index (χ3n) is 2.71. The van der Waals surface area contributed by atoms with Crippen LogP contribution in [0, 0.1) is 5.82 Å². The molecule has 82 valence electrons. The summed E-state index contributed by atoms with van der Waals surface area (Å²) in [6.07, 6.45) is 1.86. The number of amides is 1. The first-order valence-electron chi connectivity index (χ1n) is 4.74. The molecule has 2 nitrogen and oxygen atoms in total. The Labute approximate surface area is 94.5 Å². The molecule has 1 aliphatic rings. The van der Waals surface area contributed by atoms with Gasteiger partial charge in [-0.2, -0.15) is 0 Å². The largest absolute Gasteiger partial charge is 0.345 e. The van der Waals surface area contributed by atoms with Crippen molar-refractivity contribution in [1.82, 2.24) is 4.90 Å². The van der Waals surface area contributed by atoms with Crippen LogP contribution in [0.3, 0.4) is 0 Å². The highest BCUT2D eigenvalue weighted by atomic mass is 35.5. The summed E-state index contributed by atoms with van der Waals surface area (Å²) in [6, 6.07) is 6.54. The molecule has 0 N–H and O–H groups in total. The quantitative estimate of drug-likeness (QED) is 0.712. The van der Waals surface area contributed by atoms with Gasteiger partial charge in [-0.1, -0.05) is 12.1 Å². The van der Waals surface area contributed by atoms with E-state index in [1.165, 1.54) is 12.1 Å². The van der Waals surface area contributed by atoms with Crippen molar-refractivity contribution >= 4 is 18.8 Å². The number of likely N-dealkylation sites (tertiary alicyclic amines) is 1. The molecule has 0 aromatic heterocycles. The summed E-state index contributed by atoms with van der Waals surface area (Å²) in [5, 5.41) is 0. The van der Waals surface area contributed by atoms with E-state index in [1.807, 2.05) is 0 Å². The summed E-state index contributed by atoms with van der Waals surface area (Å²) in [5.41, 5.74) is 1.12. The predicted octanol–water partition coefficient (Wildman–Crippen LogP) is 2.19. The van der Waals surface area contributed by atoms with Gasteiger partial charge in [0.05, 0.1) is 0 Å². The molecule has 1 heterocycles. The molecule has 0 saturated carbocycles. The van der Waals surface area contributed by atoms with E-state index in [1.54, 1.807) is 17.0 Å². The third kappa shape index (κ3) is 2.69. The molecule has 1 fully saturated rings. The fourth-order valence-electron chi connectivity index (χ4n) is 1.89. The fourth-order valence-corrected chi connectivity index (χ4v) is 1.89. The number of nitrogens with zero attached hydrogens (tertiary/aromatic N) is 1. The second-order valence-electron chi connectivity index (χ2n) is 3.64. The molecule has 1 aromatic carbocycles. The fraction of sp³-hybridized carbons (Fsp3) is 0.364. The SMILES string of the molecule is Cl.O=CN1CC[C@H](c2ccc(F)cc2)C1. The van der Waals surface area contributed by atoms with E-state index < -0.39 is 0 Å². The van der Waals surface area contributed by atoms with Crippen molar-refractivity contribution in [2.75, 3.05) is 13.1 Å². The number of benzene rings is 1. The van der Waals surface area contributed by atoms with Crippen molar-refractivity contribution in [3.63, 3.8) is 0 Å². The van der Waals surface area contributed by atoms with Crippen molar-refractivity contribution in [3.8, 4) is 0 Å². The summed E-state index contributed by atoms with van der Waals surface area (Å²) in [5.74, 6) is 0.166. The van der Waals surface area contributed by atoms with Crippen LogP contribution in [-0.4, -0.2) is 24.4 Å². The third-order valence-corrected chi connectivity index (χ3v) is 2.71. The molecule has 0 spiro atoms. The van der Waals surface area contributed by atoms with Gasteiger partial charge in [-0.05, 0) is 24.1 Å². The molecule has 0 aliphatic carbocycles. The lowest BCUT2D eigenvalue weighted by Crippen LogP contribution is -2.17. The van der Waals surface area contributed by atoms with E-state index >= 15 is 0 Å². The Morgan fingerprint density at radius 2 is 2.00 bits per heavy atom. The number of carbonyl (C=O) groups excluding carboxylic acids is 1. The monoisotopic (exact) mass is 229 g/mol. The lowest BCUT2D eigenvalue weighted by molar-refractivity contribution is -0.117. The molecule has 1 aromatic rings. The first-order chi connectivity index (χ1) is 6.79. The van der Waals surface area contributed by atoms with Crippen molar-refractivity contribution < 1.29 is 9.18 Å². The molecular formula is C11H13ClFNO. The number of halogens is 2. The van der Waals surface area contributed by atoms with Crippen LogP contribution in [0.25, 0.3) is 0 Å². The average Bonchev–Trinajstić information content (AvgIpc) is 2.67. The van der Waals surface area contributed by atoms with E-state index in [9.17, 15) is 9.18 Å². The van der Waals surface area contributed by atoms with Gasteiger partial charge in [0.1, 0.15) is 5.82 Å². The maximum atomic E-state index is 12.6. The number of hydrogen-bond acceptors (Lipinski definition) is 1. The summed E-state index contributed by atoms with van der Waals surface area (Å²) in [6.45, 7) is 1.57. The summed E-state index contributed by atoms with van der Waals surface area (Å²) < 4.78 is 12.6. The molecule has 1 aliphatic heterocycles. The second-order valence-corrected chi connectivity index (χ2v) is 3.64. The molecule has 2 rings (SSSR count). The highest BCUT2D eigenvalue weighted by Gasteiger charge is 2.22. The molecule has 0 bridgehead atoms. The van der Waals surface area contributed by atoms with Gasteiger partial charge >= 0.3 is 0 Å².